The van der Waals surface area contributed by atoms with Crippen LogP contribution in [0.25, 0.3) is 0 Å². The molecule has 19 nitrogen and oxygen atoms in total. The Kier molecular flexibility index (Phi) is 12.5. The molecule has 0 unspecified atom stereocenters. The van der Waals surface area contributed by atoms with E-state index in [0.717, 1.165) is 13.8 Å². The number of anilines is 2. The maximum Gasteiger partial charge on any atom is 0.340 e. The van der Waals surface area contributed by atoms with E-state index in [2.05, 4.69) is 14.8 Å². The second-order valence-corrected chi connectivity index (χ2v) is 13.2. The van der Waals surface area contributed by atoms with Crippen LogP contribution in [0.3, 0.4) is 0 Å². The lowest BCUT2D eigenvalue weighted by Crippen LogP contribution is -2.37. The van der Waals surface area contributed by atoms with E-state index in [-0.39, 0.29) is 56.8 Å². The van der Waals surface area contributed by atoms with Crippen molar-refractivity contribution in [2.24, 2.45) is 0 Å². The largest absolute Gasteiger partial charge is 0.495 e. The molecule has 19 heteroatoms. The number of ether oxygens (including phenoxy) is 9. The molecular formula is C42H36N2O17. The van der Waals surface area contributed by atoms with Gasteiger partial charge in [0.05, 0.1) is 18.4 Å². The maximum atomic E-state index is 14.0. The molecule has 6 rings (SSSR count). The molecule has 4 aromatic carbocycles. The van der Waals surface area contributed by atoms with E-state index in [4.69, 9.17) is 33.2 Å². The van der Waals surface area contributed by atoms with Gasteiger partial charge in [0.1, 0.15) is 41.8 Å². The van der Waals surface area contributed by atoms with Crippen LogP contribution in [-0.2, 0) is 58.1 Å². The van der Waals surface area contributed by atoms with Crippen LogP contribution in [-0.4, -0.2) is 81.5 Å². The van der Waals surface area contributed by atoms with Crippen LogP contribution >= 0.6 is 0 Å². The molecule has 1 amide bonds. The van der Waals surface area contributed by atoms with E-state index in [0.29, 0.717) is 11.1 Å². The number of hydrogen-bond donors (Lipinski definition) is 1. The minimum atomic E-state index is -1.68. The highest BCUT2D eigenvalue weighted by Crippen LogP contribution is 2.57. The number of hydrogen-bond acceptors (Lipinski definition) is 18. The number of rotatable bonds is 14. The maximum absolute atomic E-state index is 14.0. The van der Waals surface area contributed by atoms with Crippen molar-refractivity contribution in [2.45, 2.75) is 33.3 Å². The highest BCUT2D eigenvalue weighted by atomic mass is 16.7. The lowest BCUT2D eigenvalue weighted by molar-refractivity contribution is -0.165. The quantitative estimate of drug-likeness (QED) is 0.0806. The predicted octanol–water partition coefficient (Wildman–Crippen LogP) is 4.30. The third-order valence-electron chi connectivity index (χ3n) is 8.92. The predicted molar refractivity (Wildman–Crippen MR) is 206 cm³/mol. The number of carbonyl (C=O) groups is 8. The summed E-state index contributed by atoms with van der Waals surface area (Å²) in [4.78, 5) is 99.9. The van der Waals surface area contributed by atoms with E-state index < -0.39 is 80.0 Å². The first kappa shape index (κ1) is 42.6. The molecule has 2 aliphatic rings. The first-order chi connectivity index (χ1) is 29.1. The lowest BCUT2D eigenvalue weighted by Gasteiger charge is -2.36. The van der Waals surface area contributed by atoms with Gasteiger partial charge >= 0.3 is 41.8 Å². The van der Waals surface area contributed by atoms with Crippen LogP contribution < -0.4 is 29.2 Å². The summed E-state index contributed by atoms with van der Waals surface area (Å²) >= 11 is 0. The summed E-state index contributed by atoms with van der Waals surface area (Å²) in [5.74, 6) is -5.01. The third-order valence-corrected chi connectivity index (χ3v) is 8.92. The molecule has 0 atom stereocenters. The summed E-state index contributed by atoms with van der Waals surface area (Å²) in [6.07, 6.45) is 0. The van der Waals surface area contributed by atoms with Crippen LogP contribution in [0.2, 0.25) is 0 Å². The minimum Gasteiger partial charge on any atom is -0.495 e. The molecule has 2 aliphatic heterocycles. The molecule has 1 N–H and O–H groups in total. The summed E-state index contributed by atoms with van der Waals surface area (Å²) in [7, 11) is 1.31. The molecule has 316 valence electrons. The number of esters is 7. The van der Waals surface area contributed by atoms with Crippen molar-refractivity contribution in [3.63, 3.8) is 0 Å². The fourth-order valence-electron chi connectivity index (χ4n) is 6.49. The summed E-state index contributed by atoms with van der Waals surface area (Å²) in [6, 6.07) is 17.7. The van der Waals surface area contributed by atoms with E-state index >= 15 is 0 Å². The van der Waals surface area contributed by atoms with Gasteiger partial charge < -0.3 is 52.8 Å². The molecule has 0 aliphatic carbocycles. The van der Waals surface area contributed by atoms with E-state index in [1.54, 1.807) is 12.1 Å². The fraction of sp³-hybridized carbons (Fsp3) is 0.238. The molecule has 0 aromatic heterocycles. The Bertz CT molecular complexity index is 2380. The van der Waals surface area contributed by atoms with Gasteiger partial charge in [-0.05, 0) is 54.6 Å². The first-order valence-corrected chi connectivity index (χ1v) is 18.1. The molecular weight excluding hydrogens is 804 g/mol. The Morgan fingerprint density at radius 1 is 0.639 bits per heavy atom. The summed E-state index contributed by atoms with van der Waals surface area (Å²) in [6.45, 7) is 2.25. The summed E-state index contributed by atoms with van der Waals surface area (Å²) < 4.78 is 47.7. The number of nitrogens with zero attached hydrogens (tertiary/aromatic N) is 1. The van der Waals surface area contributed by atoms with Crippen LogP contribution in [0.15, 0.2) is 72.8 Å². The molecule has 0 saturated carbocycles. The SMILES string of the molecule is COc1cc(NC(=O)c2ccc3c(c2)C2(OC3=O)c3ccc(OC(C)=O)cc3Oc3cc(OC(C)=O)ccc32)ccc1N(CC(=O)OCOC(C)=O)CC(=O)OCOC(C)=O. The Hall–Kier alpha value is -7.96. The molecule has 0 bridgehead atoms. The monoisotopic (exact) mass is 840 g/mol. The minimum absolute atomic E-state index is 0.0851. The molecule has 0 radical (unpaired) electrons. The van der Waals surface area contributed by atoms with Gasteiger partial charge in [0.25, 0.3) is 5.91 Å². The summed E-state index contributed by atoms with van der Waals surface area (Å²) in [5, 5.41) is 2.78. The number of benzene rings is 4. The van der Waals surface area contributed by atoms with Gasteiger partial charge in [-0.2, -0.15) is 0 Å². The smallest absolute Gasteiger partial charge is 0.340 e. The second kappa shape index (κ2) is 17.9. The van der Waals surface area contributed by atoms with E-state index in [1.807, 2.05) is 0 Å². The molecule has 1 spiro atoms. The van der Waals surface area contributed by atoms with Crippen LogP contribution in [0.1, 0.15) is 65.1 Å². The van der Waals surface area contributed by atoms with Crippen molar-refractivity contribution in [1.29, 1.82) is 0 Å². The highest BCUT2D eigenvalue weighted by molar-refractivity contribution is 6.06. The Morgan fingerprint density at radius 2 is 1.20 bits per heavy atom. The zero-order valence-electron chi connectivity index (χ0n) is 33.1. The summed E-state index contributed by atoms with van der Waals surface area (Å²) in [5.41, 5.74) is -0.0891. The van der Waals surface area contributed by atoms with Crippen molar-refractivity contribution in [1.82, 2.24) is 0 Å². The van der Waals surface area contributed by atoms with Crippen molar-refractivity contribution in [2.75, 3.05) is 44.0 Å². The van der Waals surface area contributed by atoms with Gasteiger partial charge in [0.15, 0.2) is 5.60 Å². The first-order valence-electron chi connectivity index (χ1n) is 18.1. The van der Waals surface area contributed by atoms with Crippen molar-refractivity contribution in [3.8, 4) is 28.7 Å². The number of methoxy groups -OCH3 is 1. The lowest BCUT2D eigenvalue weighted by atomic mass is 9.77. The van der Waals surface area contributed by atoms with Gasteiger partial charge in [0, 0.05) is 73.8 Å². The van der Waals surface area contributed by atoms with Gasteiger partial charge in [-0.25, -0.2) is 4.79 Å². The molecule has 0 saturated heterocycles. The van der Waals surface area contributed by atoms with Crippen LogP contribution in [0.4, 0.5) is 11.4 Å². The third kappa shape index (κ3) is 9.51. The van der Waals surface area contributed by atoms with Crippen LogP contribution in [0, 0.1) is 0 Å². The molecule has 61 heavy (non-hydrogen) atoms. The Morgan fingerprint density at radius 3 is 1.70 bits per heavy atom. The highest BCUT2D eigenvalue weighted by Gasteiger charge is 2.54. The van der Waals surface area contributed by atoms with Gasteiger partial charge in [-0.1, -0.05) is 0 Å². The topological polar surface area (TPSA) is 235 Å². The standard InChI is InChI=1S/C42H36N2O17/c1-22(45)54-20-56-38(49)18-44(19-39(50)57-21-55-23(2)46)34-13-7-27(15-37(34)53-5)43-40(51)26-6-10-30-33(14-26)42(61-41(30)52)31-11-8-28(58-24(3)47)16-35(31)60-36-17-29(59-25(4)48)9-12-32(36)42/h6-17H,18-21H2,1-5H3,(H,43,51). The molecule has 4 aromatic rings. The van der Waals surface area contributed by atoms with Crippen molar-refractivity contribution >= 4 is 59.1 Å². The fourth-order valence-corrected chi connectivity index (χ4v) is 6.49. The number of amides is 1. The average molecular weight is 841 g/mol. The number of nitrogens with one attached hydrogen (secondary N) is 1. The van der Waals surface area contributed by atoms with E-state index in [9.17, 15) is 38.4 Å². The number of fused-ring (bicyclic) bond motifs is 6. The van der Waals surface area contributed by atoms with Crippen LogP contribution in [0.5, 0.6) is 28.7 Å². The molecule has 0 fully saturated rings. The average Bonchev–Trinajstić information content (AvgIpc) is 3.47. The zero-order valence-corrected chi connectivity index (χ0v) is 33.1. The Labute approximate surface area is 346 Å². The molecule has 2 heterocycles. The van der Waals surface area contributed by atoms with Crippen molar-refractivity contribution < 1.29 is 81.0 Å². The normalized spacial score (nSPS) is 12.5. The zero-order chi connectivity index (χ0) is 44.0. The Balaban J connectivity index is 1.32. The van der Waals surface area contributed by atoms with Gasteiger partial charge in [-0.15, -0.1) is 0 Å². The second-order valence-electron chi connectivity index (χ2n) is 13.2. The van der Waals surface area contributed by atoms with E-state index in [1.165, 1.54) is 86.5 Å². The van der Waals surface area contributed by atoms with Gasteiger partial charge in [-0.3, -0.25) is 33.6 Å². The number of carbonyl (C=O) groups excluding carboxylic acids is 8. The van der Waals surface area contributed by atoms with Gasteiger partial charge in [0.2, 0.25) is 13.6 Å². The van der Waals surface area contributed by atoms with Crippen molar-refractivity contribution in [3.05, 3.63) is 101 Å².